The van der Waals surface area contributed by atoms with Crippen molar-refractivity contribution in [2.24, 2.45) is 11.5 Å². The highest BCUT2D eigenvalue weighted by molar-refractivity contribution is 7.80. The first-order valence-electron chi connectivity index (χ1n) is 6.78. The Bertz CT molecular complexity index is 514. The van der Waals surface area contributed by atoms with Gasteiger partial charge in [0.15, 0.2) is 0 Å². The van der Waals surface area contributed by atoms with E-state index in [1.807, 2.05) is 5.32 Å². The van der Waals surface area contributed by atoms with Gasteiger partial charge in [0.25, 0.3) is 0 Å². The smallest absolute Gasteiger partial charge is 0.326 e. The number of hydrogen-bond donors (Lipinski definition) is 7. The van der Waals surface area contributed by atoms with E-state index >= 15 is 0 Å². The molecule has 0 saturated carbocycles. The third kappa shape index (κ3) is 8.33. The standard InChI is InChI=1S/C12H20N4O7S/c13-5(4-24)10(20)15-6(1-2-8(14)17)11(21)16-7(12(22)23)3-9(18)19/h5-7,24H,1-4,13H2,(H2,14,17)(H,15,20)(H,16,21)(H,18,19)(H,22,23). The average Bonchev–Trinajstić information content (AvgIpc) is 2.48. The SMILES string of the molecule is NC(=O)CCC(NC(=O)C(N)CS)C(=O)NC(CC(=O)O)C(=O)O. The lowest BCUT2D eigenvalue weighted by Crippen LogP contribution is -2.55. The Morgan fingerprint density at radius 1 is 1.00 bits per heavy atom. The van der Waals surface area contributed by atoms with E-state index in [2.05, 4.69) is 17.9 Å². The van der Waals surface area contributed by atoms with Gasteiger partial charge in [0.1, 0.15) is 12.1 Å². The van der Waals surface area contributed by atoms with Crippen LogP contribution in [-0.2, 0) is 24.0 Å². The van der Waals surface area contributed by atoms with Gasteiger partial charge >= 0.3 is 11.9 Å². The molecule has 3 amide bonds. The second-order valence-electron chi connectivity index (χ2n) is 4.85. The number of carboxylic acid groups (broad SMARTS) is 2. The predicted octanol–water partition coefficient (Wildman–Crippen LogP) is -2.96. The monoisotopic (exact) mass is 364 g/mol. The Labute approximate surface area is 142 Å². The first kappa shape index (κ1) is 21.7. The van der Waals surface area contributed by atoms with Crippen molar-refractivity contribution in [1.29, 1.82) is 0 Å². The molecule has 12 heteroatoms. The maximum absolute atomic E-state index is 12.1. The summed E-state index contributed by atoms with van der Waals surface area (Å²) in [4.78, 5) is 56.3. The van der Waals surface area contributed by atoms with Gasteiger partial charge in [-0.25, -0.2) is 4.79 Å². The molecule has 24 heavy (non-hydrogen) atoms. The fraction of sp³-hybridized carbons (Fsp3) is 0.583. The summed E-state index contributed by atoms with van der Waals surface area (Å²) < 4.78 is 0. The second kappa shape index (κ2) is 10.4. The minimum Gasteiger partial charge on any atom is -0.481 e. The van der Waals surface area contributed by atoms with Crippen molar-refractivity contribution in [1.82, 2.24) is 10.6 Å². The van der Waals surface area contributed by atoms with Gasteiger partial charge in [0.05, 0.1) is 12.5 Å². The number of nitrogens with one attached hydrogen (secondary N) is 2. The van der Waals surface area contributed by atoms with Gasteiger partial charge in [-0.3, -0.25) is 19.2 Å². The Morgan fingerprint density at radius 3 is 1.96 bits per heavy atom. The van der Waals surface area contributed by atoms with E-state index in [4.69, 9.17) is 21.7 Å². The van der Waals surface area contributed by atoms with E-state index in [-0.39, 0.29) is 18.6 Å². The number of carbonyl (C=O) groups is 5. The summed E-state index contributed by atoms with van der Waals surface area (Å²) in [6.07, 6.45) is -1.32. The molecule has 0 bridgehead atoms. The summed E-state index contributed by atoms with van der Waals surface area (Å²) in [5.74, 6) is -5.44. The summed E-state index contributed by atoms with van der Waals surface area (Å²) in [5.41, 5.74) is 10.4. The third-order valence-corrected chi connectivity index (χ3v) is 3.23. The number of amides is 3. The molecule has 3 atom stereocenters. The van der Waals surface area contributed by atoms with E-state index in [1.165, 1.54) is 0 Å². The minimum absolute atomic E-state index is 0.00719. The molecule has 0 rings (SSSR count). The van der Waals surface area contributed by atoms with Crippen LogP contribution in [0.15, 0.2) is 0 Å². The number of carbonyl (C=O) groups excluding carboxylic acids is 3. The largest absolute Gasteiger partial charge is 0.481 e. The predicted molar refractivity (Wildman–Crippen MR) is 84.0 cm³/mol. The summed E-state index contributed by atoms with van der Waals surface area (Å²) in [6, 6.07) is -4.01. The zero-order chi connectivity index (χ0) is 18.9. The van der Waals surface area contributed by atoms with Crippen molar-refractivity contribution in [3.63, 3.8) is 0 Å². The molecule has 0 aliphatic heterocycles. The van der Waals surface area contributed by atoms with Crippen LogP contribution in [0.3, 0.4) is 0 Å². The molecule has 0 heterocycles. The lowest BCUT2D eigenvalue weighted by Gasteiger charge is -2.21. The molecule has 0 aromatic rings. The van der Waals surface area contributed by atoms with Gasteiger partial charge in [0.2, 0.25) is 17.7 Å². The molecule has 0 aliphatic carbocycles. The molecule has 0 radical (unpaired) electrons. The lowest BCUT2D eigenvalue weighted by molar-refractivity contribution is -0.147. The molecule has 0 aromatic carbocycles. The number of carboxylic acids is 2. The number of rotatable bonds is 11. The van der Waals surface area contributed by atoms with Crippen molar-refractivity contribution in [3.05, 3.63) is 0 Å². The molecular formula is C12H20N4O7S. The molecule has 11 nitrogen and oxygen atoms in total. The van der Waals surface area contributed by atoms with Crippen LogP contribution in [0.4, 0.5) is 0 Å². The van der Waals surface area contributed by atoms with Gasteiger partial charge in [0, 0.05) is 12.2 Å². The lowest BCUT2D eigenvalue weighted by atomic mass is 10.1. The van der Waals surface area contributed by atoms with E-state index in [0.717, 1.165) is 0 Å². The number of hydrogen-bond acceptors (Lipinski definition) is 7. The molecule has 0 aliphatic rings. The Kier molecular flexibility index (Phi) is 9.42. The fourth-order valence-corrected chi connectivity index (χ4v) is 1.73. The Morgan fingerprint density at radius 2 is 1.54 bits per heavy atom. The number of nitrogens with two attached hydrogens (primary N) is 2. The van der Waals surface area contributed by atoms with E-state index in [1.54, 1.807) is 0 Å². The van der Waals surface area contributed by atoms with E-state index < -0.39 is 54.2 Å². The topological polar surface area (TPSA) is 202 Å². The molecule has 136 valence electrons. The zero-order valence-corrected chi connectivity index (χ0v) is 13.5. The van der Waals surface area contributed by atoms with Crippen LogP contribution in [-0.4, -0.2) is 63.8 Å². The van der Waals surface area contributed by atoms with Gasteiger partial charge < -0.3 is 32.3 Å². The van der Waals surface area contributed by atoms with Crippen LogP contribution >= 0.6 is 12.6 Å². The van der Waals surface area contributed by atoms with Crippen molar-refractivity contribution >= 4 is 42.3 Å². The van der Waals surface area contributed by atoms with Crippen LogP contribution in [0.2, 0.25) is 0 Å². The van der Waals surface area contributed by atoms with Gasteiger partial charge in [-0.15, -0.1) is 0 Å². The average molecular weight is 364 g/mol. The van der Waals surface area contributed by atoms with Crippen LogP contribution < -0.4 is 22.1 Å². The summed E-state index contributed by atoms with van der Waals surface area (Å²) in [6.45, 7) is 0. The summed E-state index contributed by atoms with van der Waals surface area (Å²) in [5, 5.41) is 21.8. The number of thiol groups is 1. The van der Waals surface area contributed by atoms with Crippen LogP contribution in [0.25, 0.3) is 0 Å². The molecule has 3 unspecified atom stereocenters. The molecule has 8 N–H and O–H groups in total. The van der Waals surface area contributed by atoms with Gasteiger partial charge in [-0.1, -0.05) is 0 Å². The number of primary amides is 1. The highest BCUT2D eigenvalue weighted by Crippen LogP contribution is 2.01. The molecule has 0 saturated heterocycles. The van der Waals surface area contributed by atoms with Crippen molar-refractivity contribution in [2.45, 2.75) is 37.4 Å². The quantitative estimate of drug-likeness (QED) is 0.188. The Hall–Kier alpha value is -2.34. The Balaban J connectivity index is 5.05. The zero-order valence-electron chi connectivity index (χ0n) is 12.6. The molecule has 0 spiro atoms. The minimum atomic E-state index is -1.69. The molecule has 0 aromatic heterocycles. The highest BCUT2D eigenvalue weighted by Gasteiger charge is 2.29. The maximum atomic E-state index is 12.1. The van der Waals surface area contributed by atoms with Crippen molar-refractivity contribution in [3.8, 4) is 0 Å². The van der Waals surface area contributed by atoms with Crippen LogP contribution in [0.1, 0.15) is 19.3 Å². The summed E-state index contributed by atoms with van der Waals surface area (Å²) in [7, 11) is 0. The van der Waals surface area contributed by atoms with E-state index in [9.17, 15) is 24.0 Å². The molecular weight excluding hydrogens is 344 g/mol. The normalized spacial score (nSPS) is 14.1. The highest BCUT2D eigenvalue weighted by atomic mass is 32.1. The fourth-order valence-electron chi connectivity index (χ4n) is 1.56. The first-order chi connectivity index (χ1) is 11.1. The van der Waals surface area contributed by atoms with E-state index in [0.29, 0.717) is 0 Å². The van der Waals surface area contributed by atoms with Gasteiger partial charge in [-0.2, -0.15) is 12.6 Å². The maximum Gasteiger partial charge on any atom is 0.326 e. The van der Waals surface area contributed by atoms with Crippen LogP contribution in [0, 0.1) is 0 Å². The first-order valence-corrected chi connectivity index (χ1v) is 7.41. The van der Waals surface area contributed by atoms with Crippen LogP contribution in [0.5, 0.6) is 0 Å². The van der Waals surface area contributed by atoms with Crippen molar-refractivity contribution in [2.75, 3.05) is 5.75 Å². The molecule has 0 fully saturated rings. The summed E-state index contributed by atoms with van der Waals surface area (Å²) >= 11 is 3.83. The van der Waals surface area contributed by atoms with Gasteiger partial charge in [-0.05, 0) is 6.42 Å². The second-order valence-corrected chi connectivity index (χ2v) is 5.22. The number of aliphatic carboxylic acids is 2. The third-order valence-electron chi connectivity index (χ3n) is 2.84. The van der Waals surface area contributed by atoms with Crippen molar-refractivity contribution < 1.29 is 34.2 Å².